The fourth-order valence-electron chi connectivity index (χ4n) is 3.00. The molecule has 14 heteroatoms. The summed E-state index contributed by atoms with van der Waals surface area (Å²) < 4.78 is 48.0. The van der Waals surface area contributed by atoms with Crippen molar-refractivity contribution in [1.29, 1.82) is 0 Å². The zero-order valence-electron chi connectivity index (χ0n) is 21.9. The quantitative estimate of drug-likeness (QED) is 0.173. The zero-order chi connectivity index (χ0) is 28.0. The summed E-state index contributed by atoms with van der Waals surface area (Å²) in [5.74, 6) is 1.37. The Labute approximate surface area is 230 Å². The first kappa shape index (κ1) is 34.6. The van der Waals surface area contributed by atoms with Crippen LogP contribution in [-0.4, -0.2) is 55.4 Å². The molecule has 0 unspecified atom stereocenters. The van der Waals surface area contributed by atoms with Crippen molar-refractivity contribution in [1.82, 2.24) is 0 Å². The van der Waals surface area contributed by atoms with Gasteiger partial charge in [-0.3, -0.25) is 9.52 Å². The van der Waals surface area contributed by atoms with Crippen LogP contribution in [0.5, 0.6) is 23.0 Å². The number of carbonyl (C=O) groups excluding carboxylic acids is 1. The number of nitrogen functional groups attached to an aromatic ring is 1. The summed E-state index contributed by atoms with van der Waals surface area (Å²) in [7, 11) is 2.13. The van der Waals surface area contributed by atoms with Crippen molar-refractivity contribution >= 4 is 45.8 Å². The number of ether oxygens (including phenoxy) is 4. The second-order valence-electron chi connectivity index (χ2n) is 7.65. The van der Waals surface area contributed by atoms with E-state index < -0.39 is 22.0 Å². The molecule has 2 aromatic rings. The second kappa shape index (κ2) is 17.2. The van der Waals surface area contributed by atoms with E-state index >= 15 is 0 Å². The van der Waals surface area contributed by atoms with E-state index in [1.165, 1.54) is 40.6 Å². The molecule has 0 saturated carbocycles. The van der Waals surface area contributed by atoms with Gasteiger partial charge < -0.3 is 41.9 Å². The number of hydrogen-bond acceptors (Lipinski definition) is 10. The van der Waals surface area contributed by atoms with Crippen LogP contribution in [0.15, 0.2) is 35.7 Å². The van der Waals surface area contributed by atoms with Crippen LogP contribution >= 0.6 is 12.4 Å². The number of primary amides is 1. The third kappa shape index (κ3) is 11.3. The average molecular weight is 576 g/mol. The maximum Gasteiger partial charge on any atom is 0.255 e. The fourth-order valence-corrected chi connectivity index (χ4v) is 3.84. The lowest BCUT2D eigenvalue weighted by molar-refractivity contribution is -0.119. The summed E-state index contributed by atoms with van der Waals surface area (Å²) in [5.41, 5.74) is 22.4. The Morgan fingerprint density at radius 2 is 1.55 bits per heavy atom. The predicted molar refractivity (Wildman–Crippen MR) is 152 cm³/mol. The molecule has 0 aromatic heterocycles. The van der Waals surface area contributed by atoms with Gasteiger partial charge >= 0.3 is 0 Å². The molecular weight excluding hydrogens is 538 g/mol. The monoisotopic (exact) mass is 575 g/mol. The number of carbonyl (C=O) groups is 1. The highest BCUT2D eigenvalue weighted by Crippen LogP contribution is 2.35. The molecule has 0 aliphatic rings. The molecule has 2 rings (SSSR count). The van der Waals surface area contributed by atoms with E-state index in [-0.39, 0.29) is 12.4 Å². The summed E-state index contributed by atoms with van der Waals surface area (Å²) in [6, 6.07) is 7.37. The first-order valence-electron chi connectivity index (χ1n) is 11.2. The molecule has 214 valence electrons. The number of anilines is 2. The van der Waals surface area contributed by atoms with E-state index in [0.717, 1.165) is 18.2 Å². The minimum absolute atomic E-state index is 0. The Balaban J connectivity index is 0.00000106. The number of methoxy groups -OCH3 is 4. The van der Waals surface area contributed by atoms with Crippen LogP contribution in [-0.2, 0) is 14.8 Å². The van der Waals surface area contributed by atoms with Gasteiger partial charge in [0.2, 0.25) is 5.91 Å². The van der Waals surface area contributed by atoms with Crippen molar-refractivity contribution in [2.45, 2.75) is 25.3 Å². The van der Waals surface area contributed by atoms with E-state index in [4.69, 9.17) is 41.9 Å². The van der Waals surface area contributed by atoms with Gasteiger partial charge in [0.15, 0.2) is 0 Å². The lowest BCUT2D eigenvalue weighted by atomic mass is 10.1. The van der Waals surface area contributed by atoms with Crippen LogP contribution in [0.4, 0.5) is 11.4 Å². The van der Waals surface area contributed by atoms with Crippen molar-refractivity contribution < 1.29 is 32.2 Å². The number of halogens is 1. The fraction of sp³-hybridized carbons (Fsp3) is 0.375. The molecule has 0 radical (unpaired) electrons. The minimum Gasteiger partial charge on any atom is -0.496 e. The van der Waals surface area contributed by atoms with Gasteiger partial charge in [-0.05, 0) is 43.7 Å². The molecule has 0 bridgehead atoms. The number of unbranched alkanes of at least 4 members (excludes halogenated alkanes) is 1. The van der Waals surface area contributed by atoms with Crippen LogP contribution in [0.1, 0.15) is 24.8 Å². The van der Waals surface area contributed by atoms with Crippen molar-refractivity contribution in [2.75, 3.05) is 45.4 Å². The maximum absolute atomic E-state index is 12.4. The van der Waals surface area contributed by atoms with Gasteiger partial charge in [0.1, 0.15) is 23.0 Å². The van der Waals surface area contributed by atoms with Crippen molar-refractivity contribution in [3.63, 3.8) is 0 Å². The predicted octanol–water partition coefficient (Wildman–Crippen LogP) is 2.07. The molecule has 38 heavy (non-hydrogen) atoms. The second-order valence-corrected chi connectivity index (χ2v) is 9.21. The normalized spacial score (nSPS) is 11.4. The molecule has 0 saturated heterocycles. The third-order valence-corrected chi connectivity index (χ3v) is 6.01. The Morgan fingerprint density at radius 1 is 0.974 bits per heavy atom. The Bertz CT molecular complexity index is 1140. The van der Waals surface area contributed by atoms with Crippen LogP contribution in [0, 0.1) is 0 Å². The highest BCUT2D eigenvalue weighted by Gasteiger charge is 2.13. The minimum atomic E-state index is -3.80. The van der Waals surface area contributed by atoms with Crippen LogP contribution in [0.2, 0.25) is 0 Å². The summed E-state index contributed by atoms with van der Waals surface area (Å²) in [6.07, 6.45) is 3.81. The summed E-state index contributed by atoms with van der Waals surface area (Å²) in [5, 5.41) is 1.01. The number of nitrogens with one attached hydrogen (secondary N) is 1. The van der Waals surface area contributed by atoms with E-state index in [2.05, 4.69) is 4.72 Å². The smallest absolute Gasteiger partial charge is 0.255 e. The molecule has 9 N–H and O–H groups in total. The Kier molecular flexibility index (Phi) is 15.6. The first-order valence-corrected chi connectivity index (χ1v) is 12.8. The van der Waals surface area contributed by atoms with E-state index in [1.54, 1.807) is 24.3 Å². The lowest BCUT2D eigenvalue weighted by Gasteiger charge is -2.12. The molecule has 0 aliphatic carbocycles. The van der Waals surface area contributed by atoms with Crippen molar-refractivity contribution in [2.24, 2.45) is 17.2 Å². The average Bonchev–Trinajstić information content (AvgIpc) is 2.87. The van der Waals surface area contributed by atoms with Crippen LogP contribution in [0.25, 0.3) is 6.08 Å². The molecule has 2 aromatic carbocycles. The van der Waals surface area contributed by atoms with Gasteiger partial charge in [0.25, 0.3) is 10.0 Å². The van der Waals surface area contributed by atoms with Gasteiger partial charge in [-0.15, -0.1) is 12.4 Å². The standard InChI is InChI=1S/C18H22N2O6S.C6H15N3O.ClH/c1-23-13-10-17(25-3)14(18(11-13)26-4)7-8-27(21,22)20-12-5-6-16(24-2)15(19)9-12;7-4-2-1-3-5(8)6(9)10;/h5-11,20H,19H2,1-4H3;5H,1-4,7-8H2,(H2,9,10);1H/t;5-;/m.0./s1. The number of nitrogens with two attached hydrogens (primary N) is 4. The molecule has 1 atom stereocenters. The highest BCUT2D eigenvalue weighted by molar-refractivity contribution is 7.95. The maximum atomic E-state index is 12.4. The Hall–Kier alpha value is -3.39. The van der Waals surface area contributed by atoms with Gasteiger partial charge in [0, 0.05) is 12.1 Å². The van der Waals surface area contributed by atoms with E-state index in [9.17, 15) is 13.2 Å². The van der Waals surface area contributed by atoms with Gasteiger partial charge in [-0.1, -0.05) is 6.42 Å². The summed E-state index contributed by atoms with van der Waals surface area (Å²) >= 11 is 0. The molecule has 0 aliphatic heterocycles. The number of hydrogen-bond donors (Lipinski definition) is 5. The van der Waals surface area contributed by atoms with E-state index in [1.807, 2.05) is 0 Å². The number of rotatable bonds is 13. The number of sulfonamides is 1. The summed E-state index contributed by atoms with van der Waals surface area (Å²) in [6.45, 7) is 0.644. The number of amides is 1. The van der Waals surface area contributed by atoms with Gasteiger partial charge in [-0.25, -0.2) is 8.42 Å². The third-order valence-electron chi connectivity index (χ3n) is 4.99. The topological polar surface area (TPSA) is 204 Å². The molecule has 12 nitrogen and oxygen atoms in total. The molecule has 0 heterocycles. The zero-order valence-corrected chi connectivity index (χ0v) is 23.6. The van der Waals surface area contributed by atoms with Crippen molar-refractivity contribution in [3.05, 3.63) is 41.3 Å². The number of benzene rings is 2. The molecule has 0 fully saturated rings. The lowest BCUT2D eigenvalue weighted by Crippen LogP contribution is -2.36. The van der Waals surface area contributed by atoms with Gasteiger partial charge in [0.05, 0.1) is 56.8 Å². The molecular formula is C24H38ClN5O7S. The van der Waals surface area contributed by atoms with E-state index in [0.29, 0.717) is 52.9 Å². The Morgan fingerprint density at radius 3 is 2.00 bits per heavy atom. The molecule has 0 spiro atoms. The van der Waals surface area contributed by atoms with Crippen LogP contribution < -0.4 is 46.6 Å². The van der Waals surface area contributed by atoms with Gasteiger partial charge in [-0.2, -0.15) is 0 Å². The molecule has 1 amide bonds. The van der Waals surface area contributed by atoms with Crippen molar-refractivity contribution in [3.8, 4) is 23.0 Å². The van der Waals surface area contributed by atoms with Crippen LogP contribution in [0.3, 0.4) is 0 Å². The summed E-state index contributed by atoms with van der Waals surface area (Å²) in [4.78, 5) is 10.4. The highest BCUT2D eigenvalue weighted by atomic mass is 35.5. The SMILES string of the molecule is COc1cc(OC)c(C=CS(=O)(=O)Nc2ccc(OC)c(N)c2)c(OC)c1.Cl.NCCCC[C@H](N)C(N)=O. The largest absolute Gasteiger partial charge is 0.496 e. The first-order chi connectivity index (χ1) is 17.5.